The van der Waals surface area contributed by atoms with E-state index >= 15 is 0 Å². The van der Waals surface area contributed by atoms with Gasteiger partial charge in [0.2, 0.25) is 5.91 Å². The third-order valence-corrected chi connectivity index (χ3v) is 9.23. The molecule has 42 heavy (non-hydrogen) atoms. The van der Waals surface area contributed by atoms with Crippen LogP contribution in [0, 0.1) is 5.92 Å². The van der Waals surface area contributed by atoms with Crippen LogP contribution in [-0.4, -0.2) is 46.2 Å². The molecule has 2 N–H and O–H groups in total. The van der Waals surface area contributed by atoms with Crippen LogP contribution in [-0.2, 0) is 40.4 Å². The molecular formula is C29H33F3N6O3S. The molecule has 1 aromatic heterocycles. The summed E-state index contributed by atoms with van der Waals surface area (Å²) in [6, 6.07) is 8.59. The van der Waals surface area contributed by atoms with Crippen LogP contribution in [0.15, 0.2) is 66.0 Å². The van der Waals surface area contributed by atoms with Crippen molar-refractivity contribution in [2.24, 2.45) is 5.92 Å². The van der Waals surface area contributed by atoms with Crippen LogP contribution in [0.5, 0.6) is 0 Å². The van der Waals surface area contributed by atoms with E-state index in [0.717, 1.165) is 72.8 Å². The maximum atomic E-state index is 13.4. The number of carbonyl (C=O) groups excluding carboxylic acids is 1. The van der Waals surface area contributed by atoms with Crippen molar-refractivity contribution in [3.63, 3.8) is 0 Å². The molecule has 0 bridgehead atoms. The van der Waals surface area contributed by atoms with Crippen LogP contribution < -0.4 is 10.6 Å². The zero-order valence-electron chi connectivity index (χ0n) is 23.3. The van der Waals surface area contributed by atoms with Gasteiger partial charge in [-0.05, 0) is 66.6 Å². The fraction of sp³-hybridized carbons (Fsp3) is 0.414. The van der Waals surface area contributed by atoms with Gasteiger partial charge in [-0.2, -0.15) is 13.2 Å². The number of fused-ring (bicyclic) bond motifs is 1. The molecule has 2 atom stereocenters. The molecule has 0 saturated carbocycles. The number of nitrogens with zero attached hydrogens (tertiary/aromatic N) is 4. The molecule has 3 aromatic rings. The second kappa shape index (κ2) is 11.9. The van der Waals surface area contributed by atoms with E-state index in [-0.39, 0.29) is 12.5 Å². The quantitative estimate of drug-likeness (QED) is 0.381. The highest BCUT2D eigenvalue weighted by Gasteiger charge is 2.38. The first kappa shape index (κ1) is 29.8. The number of aromatic nitrogens is 3. The van der Waals surface area contributed by atoms with E-state index in [9.17, 15) is 26.4 Å². The number of alkyl halides is 3. The summed E-state index contributed by atoms with van der Waals surface area (Å²) in [7, 11) is -4.49. The summed E-state index contributed by atoms with van der Waals surface area (Å²) in [6.07, 6.45) is 1.93. The van der Waals surface area contributed by atoms with Crippen LogP contribution in [0.4, 0.5) is 13.2 Å². The third kappa shape index (κ3) is 6.36. The second-order valence-electron chi connectivity index (χ2n) is 11.1. The Morgan fingerprint density at radius 3 is 2.74 bits per heavy atom. The van der Waals surface area contributed by atoms with Crippen LogP contribution in [0.25, 0.3) is 0 Å². The standard InChI is InChI=1S/C29H33F3N6O3S/c1-19(2)16-33-17-20-9-10-25-21(13-20)5-3-8-26(25)37-18-23(35-36-37)15-27-28(39)34-11-12-38(27)42(40,41)24-7-4-6-22(14-24)29(30,31)32/h4,6-7,9-14,18-19,26-27,33H,3,5,8,15-17H2,1-2H3,(H,34,39)/t26-,27?/m1/s1. The van der Waals surface area contributed by atoms with E-state index in [1.807, 2.05) is 0 Å². The van der Waals surface area contributed by atoms with Gasteiger partial charge in [-0.15, -0.1) is 5.10 Å². The highest BCUT2D eigenvalue weighted by Crippen LogP contribution is 2.34. The molecule has 0 saturated heterocycles. The lowest BCUT2D eigenvalue weighted by Gasteiger charge is -2.31. The summed E-state index contributed by atoms with van der Waals surface area (Å²) in [5.41, 5.74) is 2.91. The number of carbonyl (C=O) groups is 1. The predicted molar refractivity (Wildman–Crippen MR) is 149 cm³/mol. The maximum Gasteiger partial charge on any atom is 0.416 e. The van der Waals surface area contributed by atoms with E-state index in [1.165, 1.54) is 11.1 Å². The SMILES string of the molecule is CC(C)CNCc1ccc2c(c1)CCC[C@H]2n1cc(CC2C(=O)NC=CN2S(=O)(=O)c2cccc(C(F)(F)F)c2)nn1. The Labute approximate surface area is 242 Å². The van der Waals surface area contributed by atoms with Crippen molar-refractivity contribution in [2.45, 2.75) is 69.2 Å². The van der Waals surface area contributed by atoms with Gasteiger partial charge in [0.25, 0.3) is 10.0 Å². The molecule has 5 rings (SSSR count). The number of rotatable bonds is 9. The topological polar surface area (TPSA) is 109 Å². The van der Waals surface area contributed by atoms with E-state index < -0.39 is 38.6 Å². The lowest BCUT2D eigenvalue weighted by atomic mass is 9.86. The molecule has 1 aliphatic carbocycles. The number of amides is 1. The van der Waals surface area contributed by atoms with Crippen molar-refractivity contribution in [3.05, 3.63) is 89.0 Å². The first-order valence-electron chi connectivity index (χ1n) is 13.8. The average Bonchev–Trinajstić information content (AvgIpc) is 3.41. The lowest BCUT2D eigenvalue weighted by Crippen LogP contribution is -2.50. The lowest BCUT2D eigenvalue weighted by molar-refractivity contribution is -0.137. The summed E-state index contributed by atoms with van der Waals surface area (Å²) < 4.78 is 69.1. The first-order chi connectivity index (χ1) is 19.9. The molecule has 0 spiro atoms. The summed E-state index contributed by atoms with van der Waals surface area (Å²) >= 11 is 0. The largest absolute Gasteiger partial charge is 0.416 e. The van der Waals surface area contributed by atoms with Crippen molar-refractivity contribution in [3.8, 4) is 0 Å². The zero-order valence-corrected chi connectivity index (χ0v) is 24.1. The highest BCUT2D eigenvalue weighted by atomic mass is 32.2. The Kier molecular flexibility index (Phi) is 8.42. The fourth-order valence-electron chi connectivity index (χ4n) is 5.38. The van der Waals surface area contributed by atoms with Gasteiger partial charge >= 0.3 is 6.18 Å². The van der Waals surface area contributed by atoms with Crippen molar-refractivity contribution in [1.82, 2.24) is 29.9 Å². The average molecular weight is 603 g/mol. The molecule has 0 radical (unpaired) electrons. The minimum Gasteiger partial charge on any atom is -0.329 e. The van der Waals surface area contributed by atoms with Crippen molar-refractivity contribution >= 4 is 15.9 Å². The Morgan fingerprint density at radius 2 is 1.98 bits per heavy atom. The van der Waals surface area contributed by atoms with Gasteiger partial charge in [0.05, 0.1) is 22.2 Å². The van der Waals surface area contributed by atoms with Crippen LogP contribution >= 0.6 is 0 Å². The Balaban J connectivity index is 1.36. The summed E-state index contributed by atoms with van der Waals surface area (Å²) in [4.78, 5) is 12.3. The molecule has 13 heteroatoms. The van der Waals surface area contributed by atoms with Gasteiger partial charge in [0, 0.05) is 31.6 Å². The maximum absolute atomic E-state index is 13.4. The highest BCUT2D eigenvalue weighted by molar-refractivity contribution is 7.89. The molecule has 2 heterocycles. The number of nitrogens with one attached hydrogen (secondary N) is 2. The zero-order chi connectivity index (χ0) is 30.1. The Bertz CT molecular complexity index is 1590. The molecule has 9 nitrogen and oxygen atoms in total. The van der Waals surface area contributed by atoms with Gasteiger partial charge < -0.3 is 10.6 Å². The van der Waals surface area contributed by atoms with E-state index in [4.69, 9.17) is 0 Å². The first-order valence-corrected chi connectivity index (χ1v) is 15.3. The number of sulfonamides is 1. The van der Waals surface area contributed by atoms with Gasteiger partial charge in [0.15, 0.2) is 0 Å². The van der Waals surface area contributed by atoms with E-state index in [1.54, 1.807) is 10.9 Å². The molecule has 2 aromatic carbocycles. The molecular weight excluding hydrogens is 569 g/mol. The fourth-order valence-corrected chi connectivity index (χ4v) is 6.88. The third-order valence-electron chi connectivity index (χ3n) is 7.44. The van der Waals surface area contributed by atoms with Crippen LogP contribution in [0.3, 0.4) is 0 Å². The Hall–Kier alpha value is -3.71. The van der Waals surface area contributed by atoms with Crippen LogP contribution in [0.1, 0.15) is 60.7 Å². The van der Waals surface area contributed by atoms with Gasteiger partial charge in [0.1, 0.15) is 6.04 Å². The number of benzene rings is 2. The summed E-state index contributed by atoms with van der Waals surface area (Å²) in [5, 5.41) is 14.5. The minimum absolute atomic E-state index is 0.0577. The monoisotopic (exact) mass is 602 g/mol. The van der Waals surface area contributed by atoms with Gasteiger partial charge in [-0.1, -0.05) is 43.3 Å². The van der Waals surface area contributed by atoms with Crippen molar-refractivity contribution in [2.75, 3.05) is 6.54 Å². The summed E-state index contributed by atoms with van der Waals surface area (Å²) in [6.45, 7) is 6.07. The molecule has 0 fully saturated rings. The number of hydrogen-bond acceptors (Lipinski definition) is 6. The number of aryl methyl sites for hydroxylation is 1. The second-order valence-corrected chi connectivity index (χ2v) is 12.9. The molecule has 2 aliphatic rings. The van der Waals surface area contributed by atoms with E-state index in [0.29, 0.717) is 17.7 Å². The Morgan fingerprint density at radius 1 is 1.17 bits per heavy atom. The van der Waals surface area contributed by atoms with Crippen molar-refractivity contribution in [1.29, 1.82) is 0 Å². The van der Waals surface area contributed by atoms with Gasteiger partial charge in [-0.3, -0.25) is 9.10 Å². The number of hydrogen-bond donors (Lipinski definition) is 2. The van der Waals surface area contributed by atoms with E-state index in [2.05, 4.69) is 53.0 Å². The van der Waals surface area contributed by atoms with Crippen LogP contribution in [0.2, 0.25) is 0 Å². The normalized spacial score (nSPS) is 19.2. The molecule has 1 amide bonds. The smallest absolute Gasteiger partial charge is 0.329 e. The number of halogens is 3. The predicted octanol–water partition coefficient (Wildman–Crippen LogP) is 4.17. The minimum atomic E-state index is -4.72. The van der Waals surface area contributed by atoms with Crippen molar-refractivity contribution < 1.29 is 26.4 Å². The van der Waals surface area contributed by atoms with Gasteiger partial charge in [-0.25, -0.2) is 13.1 Å². The molecule has 224 valence electrons. The molecule has 1 aliphatic heterocycles. The molecule has 1 unspecified atom stereocenters. The summed E-state index contributed by atoms with van der Waals surface area (Å²) in [5.74, 6) is -0.0544.